The Labute approximate surface area is 131 Å². The number of aliphatic hydroxyl groups is 1. The molecule has 1 aliphatic rings. The van der Waals surface area contributed by atoms with Crippen LogP contribution in [0.5, 0.6) is 0 Å². The third kappa shape index (κ3) is 5.74. The zero-order valence-electron chi connectivity index (χ0n) is 13.0. The highest BCUT2D eigenvalue weighted by Gasteiger charge is 2.19. The monoisotopic (exact) mass is 308 g/mol. The summed E-state index contributed by atoms with van der Waals surface area (Å²) in [4.78, 5) is 25.1. The van der Waals surface area contributed by atoms with Gasteiger partial charge in [-0.3, -0.25) is 9.59 Å². The van der Waals surface area contributed by atoms with E-state index in [0.29, 0.717) is 32.4 Å². The van der Waals surface area contributed by atoms with Crippen LogP contribution in [0.4, 0.5) is 0 Å². The van der Waals surface area contributed by atoms with Gasteiger partial charge >= 0.3 is 0 Å². The van der Waals surface area contributed by atoms with E-state index < -0.39 is 5.91 Å². The first-order valence-corrected chi connectivity index (χ1v) is 7.65. The molecule has 0 radical (unpaired) electrons. The Morgan fingerprint density at radius 3 is 2.91 bits per heavy atom. The lowest BCUT2D eigenvalue weighted by Crippen LogP contribution is -2.32. The number of carbonyl (C=O) groups excluding carboxylic acids is 2. The Morgan fingerprint density at radius 1 is 1.59 bits per heavy atom. The second-order valence-corrected chi connectivity index (χ2v) is 5.22. The van der Waals surface area contributed by atoms with Crippen molar-refractivity contribution in [2.75, 3.05) is 26.2 Å². The van der Waals surface area contributed by atoms with Crippen molar-refractivity contribution in [3.63, 3.8) is 0 Å². The third-order valence-electron chi connectivity index (χ3n) is 3.60. The van der Waals surface area contributed by atoms with Crippen LogP contribution in [-0.4, -0.2) is 54.1 Å². The van der Waals surface area contributed by atoms with Crippen molar-refractivity contribution in [1.29, 1.82) is 5.26 Å². The van der Waals surface area contributed by atoms with Gasteiger partial charge in [0.25, 0.3) is 5.91 Å². The minimum Gasteiger partial charge on any atom is -0.394 e. The van der Waals surface area contributed by atoms with Crippen molar-refractivity contribution in [3.05, 3.63) is 11.8 Å². The summed E-state index contributed by atoms with van der Waals surface area (Å²) >= 11 is 0. The van der Waals surface area contributed by atoms with Gasteiger partial charge in [0.05, 0.1) is 6.61 Å². The predicted octanol–water partition coefficient (Wildman–Crippen LogP) is -0.117. The van der Waals surface area contributed by atoms with E-state index in [2.05, 4.69) is 10.6 Å². The third-order valence-corrected chi connectivity index (χ3v) is 3.60. The molecule has 122 valence electrons. The van der Waals surface area contributed by atoms with Crippen LogP contribution >= 0.6 is 0 Å². The average Bonchev–Trinajstić information content (AvgIpc) is 2.93. The van der Waals surface area contributed by atoms with E-state index in [-0.39, 0.29) is 24.1 Å². The fraction of sp³-hybridized carbons (Fsp3) is 0.667. The highest BCUT2D eigenvalue weighted by molar-refractivity contribution is 5.97. The Kier molecular flexibility index (Phi) is 8.00. The van der Waals surface area contributed by atoms with Gasteiger partial charge in [-0.25, -0.2) is 0 Å². The van der Waals surface area contributed by atoms with Crippen LogP contribution in [0.15, 0.2) is 11.8 Å². The van der Waals surface area contributed by atoms with E-state index >= 15 is 0 Å². The molecule has 1 heterocycles. The van der Waals surface area contributed by atoms with E-state index in [1.807, 2.05) is 13.0 Å². The van der Waals surface area contributed by atoms with Crippen LogP contribution in [0.3, 0.4) is 0 Å². The summed E-state index contributed by atoms with van der Waals surface area (Å²) in [6, 6.07) is 1.67. The number of rotatable bonds is 9. The number of nitrogens with one attached hydrogen (secondary N) is 2. The van der Waals surface area contributed by atoms with Crippen LogP contribution < -0.4 is 10.6 Å². The second-order valence-electron chi connectivity index (χ2n) is 5.22. The zero-order valence-corrected chi connectivity index (χ0v) is 13.0. The van der Waals surface area contributed by atoms with Crippen molar-refractivity contribution >= 4 is 11.8 Å². The maximum absolute atomic E-state index is 11.8. The van der Waals surface area contributed by atoms with Gasteiger partial charge in [0.15, 0.2) is 0 Å². The molecule has 1 rings (SSSR count). The van der Waals surface area contributed by atoms with Crippen molar-refractivity contribution in [1.82, 2.24) is 15.5 Å². The summed E-state index contributed by atoms with van der Waals surface area (Å²) in [6.07, 6.45) is 4.21. The van der Waals surface area contributed by atoms with Gasteiger partial charge in [-0.15, -0.1) is 0 Å². The summed E-state index contributed by atoms with van der Waals surface area (Å²) < 4.78 is 0. The molecule has 1 saturated heterocycles. The van der Waals surface area contributed by atoms with Crippen LogP contribution in [0.2, 0.25) is 0 Å². The van der Waals surface area contributed by atoms with Crippen molar-refractivity contribution in [3.8, 4) is 6.07 Å². The normalized spacial score (nSPS) is 16.3. The molecule has 1 aliphatic heterocycles. The lowest BCUT2D eigenvalue weighted by molar-refractivity contribution is -0.127. The number of carbonyl (C=O) groups is 2. The van der Waals surface area contributed by atoms with Gasteiger partial charge in [0, 0.05) is 38.3 Å². The molecule has 22 heavy (non-hydrogen) atoms. The maximum Gasteiger partial charge on any atom is 0.263 e. The summed E-state index contributed by atoms with van der Waals surface area (Å²) in [7, 11) is 0. The lowest BCUT2D eigenvalue weighted by Gasteiger charge is -2.15. The first-order chi connectivity index (χ1) is 10.6. The number of nitriles is 1. The Balaban J connectivity index is 2.31. The number of amides is 2. The molecule has 7 nitrogen and oxygen atoms in total. The van der Waals surface area contributed by atoms with Crippen molar-refractivity contribution in [2.45, 2.75) is 38.6 Å². The molecule has 0 saturated carbocycles. The smallest absolute Gasteiger partial charge is 0.263 e. The van der Waals surface area contributed by atoms with E-state index in [4.69, 9.17) is 10.4 Å². The Hall–Kier alpha value is -2.07. The van der Waals surface area contributed by atoms with Crippen LogP contribution in [-0.2, 0) is 9.59 Å². The zero-order chi connectivity index (χ0) is 16.4. The summed E-state index contributed by atoms with van der Waals surface area (Å²) in [6.45, 7) is 3.68. The topological polar surface area (TPSA) is 105 Å². The number of aliphatic hydroxyl groups excluding tert-OH is 1. The van der Waals surface area contributed by atoms with Gasteiger partial charge in [-0.05, 0) is 19.3 Å². The Morgan fingerprint density at radius 2 is 2.36 bits per heavy atom. The number of nitrogens with zero attached hydrogens (tertiary/aromatic N) is 2. The number of hydrogen-bond donors (Lipinski definition) is 3. The lowest BCUT2D eigenvalue weighted by atomic mass is 10.2. The van der Waals surface area contributed by atoms with Crippen molar-refractivity contribution in [2.24, 2.45) is 0 Å². The van der Waals surface area contributed by atoms with Crippen LogP contribution in [0.25, 0.3) is 0 Å². The average molecular weight is 308 g/mol. The molecule has 0 spiro atoms. The molecule has 3 N–H and O–H groups in total. The minimum absolute atomic E-state index is 0.0239. The number of hydrogen-bond acceptors (Lipinski definition) is 5. The molecule has 0 aromatic heterocycles. The standard InChI is InChI=1S/C15H24N4O3/c1-2-13(11-20)18-10-12(9-16)15(22)17-6-4-8-19-7-3-5-14(19)21/h10,13,18,20H,2-8,11H2,1H3,(H,17,22)/b12-10-. The van der Waals surface area contributed by atoms with E-state index in [0.717, 1.165) is 13.0 Å². The van der Waals surface area contributed by atoms with Gasteiger partial charge in [-0.1, -0.05) is 6.92 Å². The molecule has 1 fully saturated rings. The van der Waals surface area contributed by atoms with Crippen LogP contribution in [0, 0.1) is 11.3 Å². The first kappa shape index (κ1) is 18.0. The molecule has 2 amide bonds. The van der Waals surface area contributed by atoms with E-state index in [9.17, 15) is 9.59 Å². The number of likely N-dealkylation sites (tertiary alicyclic amines) is 1. The molecule has 0 bridgehead atoms. The molecule has 7 heteroatoms. The molecular formula is C15H24N4O3. The highest BCUT2D eigenvalue weighted by Crippen LogP contribution is 2.09. The predicted molar refractivity (Wildman–Crippen MR) is 81.4 cm³/mol. The molecule has 0 aliphatic carbocycles. The summed E-state index contributed by atoms with van der Waals surface area (Å²) in [5, 5.41) is 23.5. The first-order valence-electron chi connectivity index (χ1n) is 7.65. The largest absolute Gasteiger partial charge is 0.394 e. The second kappa shape index (κ2) is 9.79. The van der Waals surface area contributed by atoms with Crippen LogP contribution in [0.1, 0.15) is 32.6 Å². The quantitative estimate of drug-likeness (QED) is 0.313. The molecule has 1 unspecified atom stereocenters. The summed E-state index contributed by atoms with van der Waals surface area (Å²) in [5.41, 5.74) is -0.0239. The fourth-order valence-electron chi connectivity index (χ4n) is 2.16. The molecule has 1 atom stereocenters. The van der Waals surface area contributed by atoms with Gasteiger partial charge in [0.1, 0.15) is 11.6 Å². The van der Waals surface area contributed by atoms with E-state index in [1.165, 1.54) is 6.20 Å². The van der Waals surface area contributed by atoms with E-state index in [1.54, 1.807) is 4.90 Å². The molecule has 0 aromatic carbocycles. The minimum atomic E-state index is -0.449. The van der Waals surface area contributed by atoms with Gasteiger partial charge in [-0.2, -0.15) is 5.26 Å². The molecular weight excluding hydrogens is 284 g/mol. The Bertz CT molecular complexity index is 452. The maximum atomic E-state index is 11.8. The van der Waals surface area contributed by atoms with Gasteiger partial charge in [0.2, 0.25) is 5.91 Å². The summed E-state index contributed by atoms with van der Waals surface area (Å²) in [5.74, 6) is -0.279. The van der Waals surface area contributed by atoms with Gasteiger partial charge < -0.3 is 20.6 Å². The highest BCUT2D eigenvalue weighted by atomic mass is 16.3. The van der Waals surface area contributed by atoms with Crippen molar-refractivity contribution < 1.29 is 14.7 Å². The SMILES string of the molecule is CCC(CO)N/C=C(/C#N)C(=O)NCCCN1CCCC1=O. The fourth-order valence-corrected chi connectivity index (χ4v) is 2.16. The molecule has 0 aromatic rings.